The van der Waals surface area contributed by atoms with Gasteiger partial charge in [-0.3, -0.25) is 9.78 Å². The van der Waals surface area contributed by atoms with Crippen LogP contribution in [0.15, 0.2) is 30.6 Å². The second-order valence-electron chi connectivity index (χ2n) is 7.00. The molecule has 0 saturated heterocycles. The van der Waals surface area contributed by atoms with Crippen LogP contribution >= 0.6 is 0 Å². The van der Waals surface area contributed by atoms with Gasteiger partial charge in [0.2, 0.25) is 0 Å². The Balaban J connectivity index is 1.83. The average Bonchev–Trinajstić information content (AvgIpc) is 2.59. The lowest BCUT2D eigenvalue weighted by Crippen LogP contribution is -2.42. The highest BCUT2D eigenvalue weighted by atomic mass is 16.2. The van der Waals surface area contributed by atoms with E-state index >= 15 is 0 Å². The van der Waals surface area contributed by atoms with E-state index in [1.54, 1.807) is 36.3 Å². The van der Waals surface area contributed by atoms with E-state index in [1.165, 1.54) is 0 Å². The quantitative estimate of drug-likeness (QED) is 0.904. The van der Waals surface area contributed by atoms with Crippen LogP contribution in [0.4, 0.5) is 10.5 Å². The van der Waals surface area contributed by atoms with Crippen LogP contribution in [0.5, 0.6) is 0 Å². The van der Waals surface area contributed by atoms with Crippen molar-refractivity contribution < 1.29 is 9.59 Å². The lowest BCUT2D eigenvalue weighted by atomic mass is 9.96. The molecule has 0 radical (unpaired) electrons. The molecule has 1 N–H and O–H groups in total. The van der Waals surface area contributed by atoms with Crippen LogP contribution in [-0.2, 0) is 13.0 Å². The van der Waals surface area contributed by atoms with Crippen LogP contribution in [0.25, 0.3) is 0 Å². The molecule has 0 aliphatic carbocycles. The van der Waals surface area contributed by atoms with Gasteiger partial charge in [0, 0.05) is 45.3 Å². The summed E-state index contributed by atoms with van der Waals surface area (Å²) >= 11 is 0. The molecule has 3 rings (SSSR count). The lowest BCUT2D eigenvalue weighted by Gasteiger charge is -2.31. The Bertz CT molecular complexity index is 841. The van der Waals surface area contributed by atoms with E-state index in [2.05, 4.69) is 16.4 Å². The van der Waals surface area contributed by atoms with Crippen LogP contribution in [0.2, 0.25) is 0 Å². The van der Waals surface area contributed by atoms with Gasteiger partial charge in [0.1, 0.15) is 0 Å². The highest BCUT2D eigenvalue weighted by Gasteiger charge is 2.25. The Morgan fingerprint density at radius 3 is 2.46 bits per heavy atom. The fourth-order valence-corrected chi connectivity index (χ4v) is 3.38. The van der Waals surface area contributed by atoms with Crippen molar-refractivity contribution in [2.75, 3.05) is 26.0 Å². The van der Waals surface area contributed by atoms with Gasteiger partial charge in [-0.15, -0.1) is 0 Å². The minimum atomic E-state index is -0.160. The lowest BCUT2D eigenvalue weighted by molar-refractivity contribution is 0.102. The largest absolute Gasteiger partial charge is 0.331 e. The molecule has 3 amide bonds. The summed E-state index contributed by atoms with van der Waals surface area (Å²) in [7, 11) is 3.48. The van der Waals surface area contributed by atoms with Crippen molar-refractivity contribution in [2.45, 2.75) is 26.8 Å². The van der Waals surface area contributed by atoms with E-state index in [1.807, 2.05) is 26.0 Å². The fraction of sp³-hybridized carbons (Fsp3) is 0.350. The SMILES string of the molecule is Cc1cc(C)cc(NC(=O)c2cncc3c2CCN(C(=O)N(C)C)C3)c1. The molecule has 1 aliphatic rings. The second-order valence-corrected chi connectivity index (χ2v) is 7.00. The van der Waals surface area contributed by atoms with Crippen molar-refractivity contribution >= 4 is 17.6 Å². The number of nitrogens with zero attached hydrogens (tertiary/aromatic N) is 3. The van der Waals surface area contributed by atoms with Gasteiger partial charge in [-0.05, 0) is 54.7 Å². The maximum Gasteiger partial charge on any atom is 0.319 e. The number of nitrogens with one attached hydrogen (secondary N) is 1. The molecule has 26 heavy (non-hydrogen) atoms. The highest BCUT2D eigenvalue weighted by molar-refractivity contribution is 6.05. The number of carbonyl (C=O) groups is 2. The number of aromatic nitrogens is 1. The third-order valence-electron chi connectivity index (χ3n) is 4.52. The van der Waals surface area contributed by atoms with Gasteiger partial charge in [-0.2, -0.15) is 0 Å². The fourth-order valence-electron chi connectivity index (χ4n) is 3.38. The maximum absolute atomic E-state index is 12.8. The van der Waals surface area contributed by atoms with Crippen LogP contribution in [0.1, 0.15) is 32.6 Å². The van der Waals surface area contributed by atoms with Crippen molar-refractivity contribution in [1.29, 1.82) is 0 Å². The number of urea groups is 1. The molecule has 0 saturated carbocycles. The van der Waals surface area contributed by atoms with E-state index < -0.39 is 0 Å². The van der Waals surface area contributed by atoms with Crippen molar-refractivity contribution in [3.8, 4) is 0 Å². The molecule has 136 valence electrons. The van der Waals surface area contributed by atoms with Crippen LogP contribution in [0.3, 0.4) is 0 Å². The van der Waals surface area contributed by atoms with Gasteiger partial charge in [-0.25, -0.2) is 4.79 Å². The molecular formula is C20H24N4O2. The first-order valence-corrected chi connectivity index (χ1v) is 8.67. The third kappa shape index (κ3) is 3.69. The second kappa shape index (κ2) is 7.15. The number of benzene rings is 1. The van der Waals surface area contributed by atoms with Crippen LogP contribution in [0, 0.1) is 13.8 Å². The molecule has 2 aromatic rings. The minimum Gasteiger partial charge on any atom is -0.331 e. The van der Waals surface area contributed by atoms with Gasteiger partial charge in [0.15, 0.2) is 0 Å². The molecule has 6 heteroatoms. The number of fused-ring (bicyclic) bond motifs is 1. The summed E-state index contributed by atoms with van der Waals surface area (Å²) in [5.41, 5.74) is 5.48. The number of pyridine rings is 1. The van der Waals surface area contributed by atoms with E-state index in [4.69, 9.17) is 0 Å². The number of hydrogen-bond acceptors (Lipinski definition) is 3. The molecular weight excluding hydrogens is 328 g/mol. The van der Waals surface area contributed by atoms with E-state index in [-0.39, 0.29) is 11.9 Å². The number of carbonyl (C=O) groups excluding carboxylic acids is 2. The van der Waals surface area contributed by atoms with E-state index in [0.29, 0.717) is 25.1 Å². The first kappa shape index (κ1) is 17.9. The van der Waals surface area contributed by atoms with E-state index in [0.717, 1.165) is 27.9 Å². The molecule has 2 heterocycles. The Labute approximate surface area is 153 Å². The summed E-state index contributed by atoms with van der Waals surface area (Å²) in [6.45, 7) is 5.08. The molecule has 0 fully saturated rings. The van der Waals surface area contributed by atoms with Gasteiger partial charge in [-0.1, -0.05) is 6.07 Å². The molecule has 0 atom stereocenters. The molecule has 1 aromatic carbocycles. The monoisotopic (exact) mass is 352 g/mol. The van der Waals surface area contributed by atoms with Crippen LogP contribution < -0.4 is 5.32 Å². The number of aryl methyl sites for hydroxylation is 2. The zero-order valence-electron chi connectivity index (χ0n) is 15.7. The van der Waals surface area contributed by atoms with Crippen LogP contribution in [-0.4, -0.2) is 47.4 Å². The van der Waals surface area contributed by atoms with Crippen molar-refractivity contribution in [3.63, 3.8) is 0 Å². The van der Waals surface area contributed by atoms with Gasteiger partial charge in [0.25, 0.3) is 5.91 Å². The molecule has 0 spiro atoms. The van der Waals surface area contributed by atoms with Gasteiger partial charge >= 0.3 is 6.03 Å². The summed E-state index contributed by atoms with van der Waals surface area (Å²) in [6.07, 6.45) is 4.01. The first-order valence-electron chi connectivity index (χ1n) is 8.67. The number of rotatable bonds is 2. The van der Waals surface area contributed by atoms with Gasteiger partial charge in [0.05, 0.1) is 5.56 Å². The Morgan fingerprint density at radius 2 is 1.81 bits per heavy atom. The minimum absolute atomic E-state index is 0.0271. The topological polar surface area (TPSA) is 65.5 Å². The summed E-state index contributed by atoms with van der Waals surface area (Å²) in [6, 6.07) is 5.94. The predicted octanol–water partition coefficient (Wildman–Crippen LogP) is 2.99. The van der Waals surface area contributed by atoms with Crippen molar-refractivity contribution in [3.05, 3.63) is 58.4 Å². The zero-order valence-corrected chi connectivity index (χ0v) is 15.7. The standard InChI is InChI=1S/C20H24N4O2/c1-13-7-14(2)9-16(8-13)22-19(25)18-11-21-10-15-12-24(6-5-17(15)18)20(26)23(3)4/h7-11H,5-6,12H2,1-4H3,(H,22,25). The normalized spacial score (nSPS) is 13.2. The molecule has 0 unspecified atom stereocenters. The smallest absolute Gasteiger partial charge is 0.319 e. The third-order valence-corrected chi connectivity index (χ3v) is 4.52. The summed E-state index contributed by atoms with van der Waals surface area (Å²) < 4.78 is 0. The van der Waals surface area contributed by atoms with Crippen molar-refractivity contribution in [1.82, 2.24) is 14.8 Å². The highest BCUT2D eigenvalue weighted by Crippen LogP contribution is 2.23. The Morgan fingerprint density at radius 1 is 1.12 bits per heavy atom. The van der Waals surface area contributed by atoms with Gasteiger partial charge < -0.3 is 15.1 Å². The number of hydrogen-bond donors (Lipinski definition) is 1. The van der Waals surface area contributed by atoms with E-state index in [9.17, 15) is 9.59 Å². The summed E-state index contributed by atoms with van der Waals surface area (Å²) in [4.78, 5) is 32.5. The zero-order chi connectivity index (χ0) is 18.8. The Hall–Kier alpha value is -2.89. The molecule has 1 aromatic heterocycles. The first-order chi connectivity index (χ1) is 12.3. The Kier molecular flexibility index (Phi) is 4.93. The maximum atomic E-state index is 12.8. The molecule has 6 nitrogen and oxygen atoms in total. The number of anilines is 1. The summed E-state index contributed by atoms with van der Waals surface area (Å²) in [5.74, 6) is -0.160. The molecule has 1 aliphatic heterocycles. The predicted molar refractivity (Wildman–Crippen MR) is 101 cm³/mol. The van der Waals surface area contributed by atoms with Crippen molar-refractivity contribution in [2.24, 2.45) is 0 Å². The number of amides is 3. The summed E-state index contributed by atoms with van der Waals surface area (Å²) in [5, 5.41) is 2.97. The molecule has 0 bridgehead atoms. The average molecular weight is 352 g/mol.